The molecule has 0 saturated carbocycles. The van der Waals surface area contributed by atoms with Crippen molar-refractivity contribution >= 4 is 27.3 Å². The van der Waals surface area contributed by atoms with E-state index in [0.717, 1.165) is 17.8 Å². The minimum atomic E-state index is -4.86. The molecule has 0 heterocycles. The lowest BCUT2D eigenvalue weighted by Crippen LogP contribution is -2.29. The second kappa shape index (κ2) is 9.40. The Hall–Kier alpha value is -2.56. The average molecular weight is 397 g/mol. The van der Waals surface area contributed by atoms with Crippen LogP contribution in [0.4, 0.5) is 20.9 Å². The fourth-order valence-corrected chi connectivity index (χ4v) is 2.84. The minimum absolute atomic E-state index is 0.0466. The molecule has 0 spiro atoms. The molecule has 0 saturated heterocycles. The van der Waals surface area contributed by atoms with Crippen molar-refractivity contribution in [2.24, 2.45) is 10.2 Å². The summed E-state index contributed by atoms with van der Waals surface area (Å²) < 4.78 is 40.3. The average Bonchev–Trinajstić information content (AvgIpc) is 2.65. The van der Waals surface area contributed by atoms with E-state index in [2.05, 4.69) is 10.2 Å². The molecule has 146 valence electrons. The molecule has 2 N–H and O–H groups in total. The second-order valence-electron chi connectivity index (χ2n) is 5.42. The Balaban J connectivity index is 2.25. The third-order valence-electron chi connectivity index (χ3n) is 3.66. The quantitative estimate of drug-likeness (QED) is 0.497. The lowest BCUT2D eigenvalue weighted by molar-refractivity contribution is 0.281. The first-order valence-electron chi connectivity index (χ1n) is 8.00. The van der Waals surface area contributed by atoms with E-state index in [1.54, 1.807) is 29.2 Å². The van der Waals surface area contributed by atoms with E-state index in [1.165, 1.54) is 13.2 Å². The van der Waals surface area contributed by atoms with Crippen LogP contribution in [0, 0.1) is 0 Å². The Morgan fingerprint density at radius 3 is 2.19 bits per heavy atom. The smallest absolute Gasteiger partial charge is 0.332 e. The normalized spacial score (nSPS) is 11.7. The highest BCUT2D eigenvalue weighted by molar-refractivity contribution is 7.86. The van der Waals surface area contributed by atoms with Crippen LogP contribution in [0.25, 0.3) is 0 Å². The van der Waals surface area contributed by atoms with Gasteiger partial charge in [-0.15, -0.1) is 9.00 Å². The van der Waals surface area contributed by atoms with Gasteiger partial charge in [0.05, 0.1) is 26.0 Å². The summed E-state index contributed by atoms with van der Waals surface area (Å²) >= 11 is 0. The molecule has 0 radical (unpaired) electrons. The second-order valence-corrected chi connectivity index (χ2v) is 6.77. The fourth-order valence-electron chi connectivity index (χ4n) is 2.35. The van der Waals surface area contributed by atoms with Crippen LogP contribution in [0.1, 0.15) is 0 Å². The topological polar surface area (TPSA) is 112 Å². The summed E-state index contributed by atoms with van der Waals surface area (Å²) in [5.74, 6) is 0.250. The number of aliphatic hydroxyl groups is 2. The van der Waals surface area contributed by atoms with Crippen molar-refractivity contribution in [2.45, 2.75) is 4.90 Å². The zero-order valence-electron chi connectivity index (χ0n) is 14.6. The van der Waals surface area contributed by atoms with Crippen LogP contribution in [0.3, 0.4) is 0 Å². The van der Waals surface area contributed by atoms with Gasteiger partial charge in [-0.2, -0.15) is 13.5 Å². The molecule has 0 amide bonds. The molecule has 10 heteroatoms. The Kier molecular flexibility index (Phi) is 7.22. The van der Waals surface area contributed by atoms with E-state index in [0.29, 0.717) is 18.8 Å². The zero-order chi connectivity index (χ0) is 19.9. The number of hydrogen-bond acceptors (Lipinski definition) is 8. The SMILES string of the molecule is COc1ccc(S(=O)(=O)F)cc1/N=N/c1ccc(N(CCO)CCO)cc1. The maximum absolute atomic E-state index is 13.2. The minimum Gasteiger partial charge on any atom is -0.494 e. The first kappa shape index (κ1) is 20.7. The van der Waals surface area contributed by atoms with Crippen molar-refractivity contribution in [3.8, 4) is 5.75 Å². The Labute approximate surface area is 156 Å². The van der Waals surface area contributed by atoms with Crippen LogP contribution >= 0.6 is 0 Å². The van der Waals surface area contributed by atoms with Crippen molar-refractivity contribution in [3.63, 3.8) is 0 Å². The lowest BCUT2D eigenvalue weighted by atomic mass is 10.2. The molecule has 0 aliphatic rings. The van der Waals surface area contributed by atoms with Gasteiger partial charge in [-0.05, 0) is 42.5 Å². The van der Waals surface area contributed by atoms with Crippen molar-refractivity contribution in [1.29, 1.82) is 0 Å². The number of hydrogen-bond donors (Lipinski definition) is 2. The highest BCUT2D eigenvalue weighted by Crippen LogP contribution is 2.32. The van der Waals surface area contributed by atoms with E-state index in [-0.39, 0.29) is 24.7 Å². The summed E-state index contributed by atoms with van der Waals surface area (Å²) in [6, 6.07) is 10.3. The van der Waals surface area contributed by atoms with E-state index < -0.39 is 15.1 Å². The Bertz CT molecular complexity index is 882. The molecule has 0 aromatic heterocycles. The molecular weight excluding hydrogens is 377 g/mol. The van der Waals surface area contributed by atoms with E-state index in [9.17, 15) is 12.3 Å². The number of halogens is 1. The van der Waals surface area contributed by atoms with E-state index in [4.69, 9.17) is 14.9 Å². The van der Waals surface area contributed by atoms with Gasteiger partial charge >= 0.3 is 10.2 Å². The number of rotatable bonds is 9. The first-order chi connectivity index (χ1) is 12.9. The predicted octanol–water partition coefficient (Wildman–Crippen LogP) is 2.56. The maximum Gasteiger partial charge on any atom is 0.332 e. The van der Waals surface area contributed by atoms with Crippen LogP contribution in [0.5, 0.6) is 5.75 Å². The van der Waals surface area contributed by atoms with Crippen molar-refractivity contribution in [2.75, 3.05) is 38.3 Å². The molecule has 0 atom stereocenters. The van der Waals surface area contributed by atoms with Gasteiger partial charge in [-0.3, -0.25) is 0 Å². The molecule has 8 nitrogen and oxygen atoms in total. The zero-order valence-corrected chi connectivity index (χ0v) is 15.4. The third-order valence-corrected chi connectivity index (χ3v) is 4.48. The van der Waals surface area contributed by atoms with Crippen molar-refractivity contribution < 1.29 is 27.3 Å². The van der Waals surface area contributed by atoms with Gasteiger partial charge < -0.3 is 19.8 Å². The van der Waals surface area contributed by atoms with Crippen LogP contribution in [-0.2, 0) is 10.2 Å². The number of benzene rings is 2. The lowest BCUT2D eigenvalue weighted by Gasteiger charge is -2.22. The van der Waals surface area contributed by atoms with E-state index >= 15 is 0 Å². The summed E-state index contributed by atoms with van der Waals surface area (Å²) in [6.45, 7) is 0.663. The molecule has 0 unspecified atom stereocenters. The molecule has 0 fully saturated rings. The molecule has 2 aromatic carbocycles. The highest BCUT2D eigenvalue weighted by atomic mass is 32.3. The summed E-state index contributed by atoms with van der Waals surface area (Å²) in [4.78, 5) is 1.27. The van der Waals surface area contributed by atoms with Gasteiger partial charge in [0.25, 0.3) is 0 Å². The van der Waals surface area contributed by atoms with Gasteiger partial charge in [0.2, 0.25) is 0 Å². The molecular formula is C17H20FN3O5S. The first-order valence-corrected chi connectivity index (χ1v) is 9.38. The predicted molar refractivity (Wildman–Crippen MR) is 98.3 cm³/mol. The number of methoxy groups -OCH3 is 1. The third kappa shape index (κ3) is 5.71. The number of azo groups is 1. The van der Waals surface area contributed by atoms with Gasteiger partial charge in [0.1, 0.15) is 16.3 Å². The van der Waals surface area contributed by atoms with Crippen molar-refractivity contribution in [3.05, 3.63) is 42.5 Å². The van der Waals surface area contributed by atoms with Crippen LogP contribution in [-0.4, -0.2) is 52.0 Å². The van der Waals surface area contributed by atoms with Gasteiger partial charge in [0.15, 0.2) is 0 Å². The molecule has 2 rings (SSSR count). The van der Waals surface area contributed by atoms with Gasteiger partial charge in [0, 0.05) is 18.8 Å². The monoisotopic (exact) mass is 397 g/mol. The molecule has 2 aromatic rings. The van der Waals surface area contributed by atoms with Crippen molar-refractivity contribution in [1.82, 2.24) is 0 Å². The van der Waals surface area contributed by atoms with Gasteiger partial charge in [-0.25, -0.2) is 0 Å². The largest absolute Gasteiger partial charge is 0.494 e. The molecule has 27 heavy (non-hydrogen) atoms. The molecule has 0 aliphatic carbocycles. The maximum atomic E-state index is 13.2. The number of ether oxygens (including phenoxy) is 1. The Morgan fingerprint density at radius 1 is 1.04 bits per heavy atom. The van der Waals surface area contributed by atoms with Crippen LogP contribution < -0.4 is 9.64 Å². The highest BCUT2D eigenvalue weighted by Gasteiger charge is 2.15. The molecule has 0 bridgehead atoms. The number of aliphatic hydroxyl groups excluding tert-OH is 2. The summed E-state index contributed by atoms with van der Waals surface area (Å²) in [5.41, 5.74) is 1.34. The van der Waals surface area contributed by atoms with Crippen LogP contribution in [0.15, 0.2) is 57.6 Å². The Morgan fingerprint density at radius 2 is 1.67 bits per heavy atom. The van der Waals surface area contributed by atoms with Gasteiger partial charge in [-0.1, -0.05) is 0 Å². The summed E-state index contributed by atoms with van der Waals surface area (Å²) in [6.07, 6.45) is 0. The van der Waals surface area contributed by atoms with Crippen LogP contribution in [0.2, 0.25) is 0 Å². The number of nitrogens with zero attached hydrogens (tertiary/aromatic N) is 3. The summed E-state index contributed by atoms with van der Waals surface area (Å²) in [5, 5.41) is 26.1. The fraction of sp³-hybridized carbons (Fsp3) is 0.294. The summed E-state index contributed by atoms with van der Waals surface area (Å²) in [7, 11) is -3.48. The van der Waals surface area contributed by atoms with E-state index in [1.807, 2.05) is 0 Å². The molecule has 0 aliphatic heterocycles. The standard InChI is InChI=1S/C17H20FN3O5S/c1-26-17-7-6-15(27(18,24)25)12-16(17)20-19-13-2-4-14(5-3-13)21(8-10-22)9-11-23/h2-7,12,22-23H,8-11H2,1H3/b20-19+. The number of anilines is 1.